The van der Waals surface area contributed by atoms with Crippen LogP contribution in [0, 0.1) is 5.92 Å². The molecule has 1 saturated heterocycles. The van der Waals surface area contributed by atoms with Gasteiger partial charge in [-0.25, -0.2) is 22.9 Å². The Morgan fingerprint density at radius 2 is 1.51 bits per heavy atom. The molecule has 1 aliphatic heterocycles. The van der Waals surface area contributed by atoms with Gasteiger partial charge in [-0.2, -0.15) is 44.5 Å². The zero-order valence-electron chi connectivity index (χ0n) is 25.7. The molecule has 0 amide bonds. The molecule has 0 unspecified atom stereocenters. The van der Waals surface area contributed by atoms with E-state index in [1.165, 1.54) is 0 Å². The zero-order chi connectivity index (χ0) is 36.8. The number of ether oxygens (including phenoxy) is 2. The maximum Gasteiger partial charge on any atom is 0.490 e. The number of carboxylic acids is 1. The molecule has 2 heterocycles. The minimum Gasteiger partial charge on any atom is -0.484 e. The first-order valence-electron chi connectivity index (χ1n) is 14.1. The number of hydrogen-bond acceptors (Lipinski definition) is 9. The number of nitrogens with one attached hydrogen (secondary N) is 1. The lowest BCUT2D eigenvalue weighted by Gasteiger charge is -2.32. The molecule has 1 fully saturated rings. The van der Waals surface area contributed by atoms with E-state index >= 15 is 0 Å². The van der Waals surface area contributed by atoms with Crippen LogP contribution in [0.4, 0.5) is 51.3 Å². The molecule has 272 valence electrons. The minimum absolute atomic E-state index is 0.0515. The summed E-state index contributed by atoms with van der Waals surface area (Å²) in [7, 11) is -0.720. The van der Waals surface area contributed by atoms with E-state index < -0.39 is 64.1 Å². The standard InChI is InChI=1S/C26H29F6N5O4S.C2HF3O2/c1-36(2)23-19-5-3-4-6-20(19)34-24(35-23)37-11-9-17(10-12-37)14-33-42(38,39)22-13-18(40-15-25(27,28)29)7-8-21(22)41-16-26(30,31)32;3-2(4,5)1(6)7/h3-8,13,17,33H,9-12,14-16H2,1-2H3;(H,6,7). The van der Waals surface area contributed by atoms with Crippen molar-refractivity contribution in [3.05, 3.63) is 42.5 Å². The molecule has 2 aromatic carbocycles. The van der Waals surface area contributed by atoms with Crippen LogP contribution < -0.4 is 24.0 Å². The van der Waals surface area contributed by atoms with Gasteiger partial charge in [-0.15, -0.1) is 0 Å². The fourth-order valence-corrected chi connectivity index (χ4v) is 5.68. The number of piperidine rings is 1. The lowest BCUT2D eigenvalue weighted by Crippen LogP contribution is -2.39. The van der Waals surface area contributed by atoms with Gasteiger partial charge in [0.05, 0.1) is 5.52 Å². The molecule has 21 heteroatoms. The highest BCUT2D eigenvalue weighted by Crippen LogP contribution is 2.32. The molecule has 0 spiro atoms. The van der Waals surface area contributed by atoms with Crippen LogP contribution in [-0.2, 0) is 14.8 Å². The molecule has 0 saturated carbocycles. The number of halogens is 9. The molecule has 3 aromatic rings. The Morgan fingerprint density at radius 3 is 2.06 bits per heavy atom. The van der Waals surface area contributed by atoms with E-state index in [1.54, 1.807) is 0 Å². The number of alkyl halides is 9. The van der Waals surface area contributed by atoms with E-state index in [2.05, 4.69) is 19.2 Å². The summed E-state index contributed by atoms with van der Waals surface area (Å²) in [5, 5.41) is 8.03. The largest absolute Gasteiger partial charge is 0.490 e. The number of rotatable bonds is 10. The molecule has 0 radical (unpaired) electrons. The third-order valence-electron chi connectivity index (χ3n) is 6.70. The van der Waals surface area contributed by atoms with E-state index in [0.717, 1.165) is 28.9 Å². The van der Waals surface area contributed by atoms with Crippen LogP contribution in [0.1, 0.15) is 12.8 Å². The van der Waals surface area contributed by atoms with E-state index in [1.807, 2.05) is 48.2 Å². The van der Waals surface area contributed by atoms with Gasteiger partial charge in [-0.3, -0.25) is 0 Å². The molecular weight excluding hydrogens is 705 g/mol. The number of fused-ring (bicyclic) bond motifs is 1. The van der Waals surface area contributed by atoms with Crippen molar-refractivity contribution in [1.29, 1.82) is 0 Å². The Hall–Kier alpha value is -4.27. The fraction of sp³-hybridized carbons (Fsp3) is 0.464. The molecule has 11 nitrogen and oxygen atoms in total. The summed E-state index contributed by atoms with van der Waals surface area (Å²) < 4.78 is 145. The van der Waals surface area contributed by atoms with Gasteiger partial charge in [0.1, 0.15) is 22.2 Å². The zero-order valence-corrected chi connectivity index (χ0v) is 26.5. The van der Waals surface area contributed by atoms with Crippen LogP contribution in [0.5, 0.6) is 11.5 Å². The third kappa shape index (κ3) is 12.0. The molecule has 0 aliphatic carbocycles. The quantitative estimate of drug-likeness (QED) is 0.261. The average molecular weight is 736 g/mol. The lowest BCUT2D eigenvalue weighted by molar-refractivity contribution is -0.192. The van der Waals surface area contributed by atoms with Crippen LogP contribution in [0.2, 0.25) is 0 Å². The number of anilines is 2. The van der Waals surface area contributed by atoms with Crippen molar-refractivity contribution in [3.8, 4) is 11.5 Å². The van der Waals surface area contributed by atoms with Crippen molar-refractivity contribution in [2.75, 3.05) is 56.7 Å². The summed E-state index contributed by atoms with van der Waals surface area (Å²) in [4.78, 5) is 21.4. The Morgan fingerprint density at radius 1 is 0.939 bits per heavy atom. The molecule has 49 heavy (non-hydrogen) atoms. The third-order valence-corrected chi connectivity index (χ3v) is 8.14. The maximum atomic E-state index is 13.1. The number of aliphatic carboxylic acids is 1. The highest BCUT2D eigenvalue weighted by atomic mass is 32.2. The highest BCUT2D eigenvalue weighted by Gasteiger charge is 2.38. The normalized spacial score (nSPS) is 14.6. The van der Waals surface area contributed by atoms with Crippen molar-refractivity contribution in [3.63, 3.8) is 0 Å². The summed E-state index contributed by atoms with van der Waals surface area (Å²) in [6.45, 7) is -2.50. The summed E-state index contributed by atoms with van der Waals surface area (Å²) in [6, 6.07) is 10.1. The second-order valence-electron chi connectivity index (χ2n) is 10.8. The van der Waals surface area contributed by atoms with Gasteiger partial charge in [-0.05, 0) is 43.0 Å². The number of aromatic nitrogens is 2. The number of nitrogens with zero attached hydrogens (tertiary/aromatic N) is 4. The first-order chi connectivity index (χ1) is 22.6. The van der Waals surface area contributed by atoms with Crippen LogP contribution in [0.3, 0.4) is 0 Å². The van der Waals surface area contributed by atoms with Crippen LogP contribution in [-0.4, -0.2) is 94.9 Å². The Balaban J connectivity index is 0.000000838. The molecule has 0 bridgehead atoms. The molecule has 1 aliphatic rings. The molecule has 2 N–H and O–H groups in total. The smallest absolute Gasteiger partial charge is 0.484 e. The van der Waals surface area contributed by atoms with Crippen molar-refractivity contribution in [2.24, 2.45) is 5.92 Å². The minimum atomic E-state index is -5.08. The maximum absolute atomic E-state index is 13.1. The second kappa shape index (κ2) is 15.5. The van der Waals surface area contributed by atoms with Gasteiger partial charge in [0, 0.05) is 45.2 Å². The monoisotopic (exact) mass is 735 g/mol. The molecule has 4 rings (SSSR count). The van der Waals surface area contributed by atoms with Crippen LogP contribution in [0.25, 0.3) is 10.9 Å². The fourth-order valence-electron chi connectivity index (χ4n) is 4.40. The molecule has 0 atom stereocenters. The summed E-state index contributed by atoms with van der Waals surface area (Å²) in [5.74, 6) is -2.75. The van der Waals surface area contributed by atoms with Gasteiger partial charge < -0.3 is 24.4 Å². The second-order valence-corrected chi connectivity index (χ2v) is 12.5. The predicted octanol–water partition coefficient (Wildman–Crippen LogP) is 5.41. The first-order valence-corrected chi connectivity index (χ1v) is 15.6. The van der Waals surface area contributed by atoms with Crippen molar-refractivity contribution >= 4 is 38.7 Å². The van der Waals surface area contributed by atoms with Crippen molar-refractivity contribution < 1.29 is 67.3 Å². The number of sulfonamides is 1. The van der Waals surface area contributed by atoms with Gasteiger partial charge in [-0.1, -0.05) is 12.1 Å². The van der Waals surface area contributed by atoms with E-state index in [9.17, 15) is 47.9 Å². The Labute approximate surface area is 273 Å². The summed E-state index contributed by atoms with van der Waals surface area (Å²) >= 11 is 0. The number of para-hydroxylation sites is 1. The van der Waals surface area contributed by atoms with Gasteiger partial charge in [0.15, 0.2) is 13.2 Å². The molecular formula is C28H30F9N5O6S. The van der Waals surface area contributed by atoms with Gasteiger partial charge in [0.2, 0.25) is 16.0 Å². The number of benzene rings is 2. The van der Waals surface area contributed by atoms with Gasteiger partial charge >= 0.3 is 24.5 Å². The Bertz CT molecular complexity index is 1690. The van der Waals surface area contributed by atoms with Gasteiger partial charge in [0.25, 0.3) is 0 Å². The van der Waals surface area contributed by atoms with Crippen molar-refractivity contribution in [2.45, 2.75) is 36.3 Å². The van der Waals surface area contributed by atoms with E-state index in [0.29, 0.717) is 37.9 Å². The summed E-state index contributed by atoms with van der Waals surface area (Å²) in [5.41, 5.74) is 0.783. The number of carboxylic acid groups (broad SMARTS) is 1. The summed E-state index contributed by atoms with van der Waals surface area (Å²) in [6.07, 6.45) is -13.4. The SMILES string of the molecule is CN(C)c1nc(N2CCC(CNS(=O)(=O)c3cc(OCC(F)(F)F)ccc3OCC(F)(F)F)CC2)nc2ccccc12.O=C(O)C(F)(F)F. The van der Waals surface area contributed by atoms with Crippen LogP contribution >= 0.6 is 0 Å². The Kier molecular flexibility index (Phi) is 12.4. The predicted molar refractivity (Wildman–Crippen MR) is 157 cm³/mol. The number of hydrogen-bond donors (Lipinski definition) is 2. The lowest BCUT2D eigenvalue weighted by atomic mass is 9.97. The number of carbonyl (C=O) groups is 1. The molecule has 1 aromatic heterocycles. The van der Waals surface area contributed by atoms with E-state index in [4.69, 9.17) is 14.9 Å². The topological polar surface area (TPSA) is 134 Å². The first kappa shape index (κ1) is 39.2. The average Bonchev–Trinajstić information content (AvgIpc) is 3.00. The van der Waals surface area contributed by atoms with Crippen LogP contribution in [0.15, 0.2) is 47.4 Å². The highest BCUT2D eigenvalue weighted by molar-refractivity contribution is 7.89. The van der Waals surface area contributed by atoms with Crippen molar-refractivity contribution in [1.82, 2.24) is 14.7 Å². The van der Waals surface area contributed by atoms with E-state index in [-0.39, 0.29) is 12.5 Å².